The molecule has 6 heteroatoms. The maximum absolute atomic E-state index is 12.8. The zero-order chi connectivity index (χ0) is 55.0. The van der Waals surface area contributed by atoms with E-state index in [0.717, 1.165) is 83.5 Å². The second-order valence-corrected chi connectivity index (χ2v) is 23.1. The Morgan fingerprint density at radius 1 is 0.263 bits per heavy atom. The number of hydrogen-bond acceptors (Lipinski definition) is 6. The van der Waals surface area contributed by atoms with E-state index in [1.165, 1.54) is 250 Å². The fourth-order valence-electron chi connectivity index (χ4n) is 10.2. The minimum atomic E-state index is -0.774. The molecule has 0 N–H and O–H groups in total. The molecule has 6 nitrogen and oxygen atoms in total. The van der Waals surface area contributed by atoms with Crippen molar-refractivity contribution in [2.75, 3.05) is 13.2 Å². The molecule has 0 aliphatic heterocycles. The quantitative estimate of drug-likeness (QED) is 0.0261. The van der Waals surface area contributed by atoms with Crippen molar-refractivity contribution in [3.05, 3.63) is 36.5 Å². The molecule has 0 saturated heterocycles. The number of unbranched alkanes of at least 4 members (excludes halogenated alkanes) is 46. The number of rotatable bonds is 63. The predicted octanol–water partition coefficient (Wildman–Crippen LogP) is 23.2. The summed E-state index contributed by atoms with van der Waals surface area (Å²) >= 11 is 0. The summed E-state index contributed by atoms with van der Waals surface area (Å²) in [4.78, 5) is 38.1. The first-order valence-electron chi connectivity index (χ1n) is 34.0. The van der Waals surface area contributed by atoms with Gasteiger partial charge >= 0.3 is 17.9 Å². The number of ether oxygens (including phenoxy) is 3. The third kappa shape index (κ3) is 62.5. The van der Waals surface area contributed by atoms with Crippen LogP contribution in [-0.2, 0) is 28.6 Å². The summed E-state index contributed by atoms with van der Waals surface area (Å²) in [5, 5.41) is 0. The monoisotopic (exact) mass is 1070 g/mol. The van der Waals surface area contributed by atoms with Crippen LogP contribution in [0, 0.1) is 0 Å². The van der Waals surface area contributed by atoms with Gasteiger partial charge in [0.1, 0.15) is 13.2 Å². The van der Waals surface area contributed by atoms with Gasteiger partial charge in [0.2, 0.25) is 0 Å². The van der Waals surface area contributed by atoms with Gasteiger partial charge in [0.15, 0.2) is 6.10 Å². The van der Waals surface area contributed by atoms with Crippen molar-refractivity contribution >= 4 is 17.9 Å². The predicted molar refractivity (Wildman–Crippen MR) is 330 cm³/mol. The molecule has 76 heavy (non-hydrogen) atoms. The number of esters is 3. The highest BCUT2D eigenvalue weighted by Gasteiger charge is 2.19. The minimum absolute atomic E-state index is 0.0730. The topological polar surface area (TPSA) is 78.9 Å². The fraction of sp³-hybridized carbons (Fsp3) is 0.871. The molecule has 0 rings (SSSR count). The number of carbonyl (C=O) groups excluding carboxylic acids is 3. The highest BCUT2D eigenvalue weighted by atomic mass is 16.6. The van der Waals surface area contributed by atoms with Crippen molar-refractivity contribution < 1.29 is 28.6 Å². The van der Waals surface area contributed by atoms with Gasteiger partial charge in [0.25, 0.3) is 0 Å². The van der Waals surface area contributed by atoms with E-state index in [1.807, 2.05) is 0 Å². The third-order valence-corrected chi connectivity index (χ3v) is 15.4. The Morgan fingerprint density at radius 3 is 0.776 bits per heavy atom. The Balaban J connectivity index is 3.95. The fourth-order valence-corrected chi connectivity index (χ4v) is 10.2. The smallest absolute Gasteiger partial charge is 0.306 e. The van der Waals surface area contributed by atoms with Crippen molar-refractivity contribution in [1.29, 1.82) is 0 Å². The van der Waals surface area contributed by atoms with E-state index in [4.69, 9.17) is 14.2 Å². The molecule has 0 aliphatic carbocycles. The average Bonchev–Trinajstić information content (AvgIpc) is 3.42. The Hall–Kier alpha value is -2.37. The molecule has 0 saturated carbocycles. The van der Waals surface area contributed by atoms with Crippen LogP contribution in [0.3, 0.4) is 0 Å². The summed E-state index contributed by atoms with van der Waals surface area (Å²) in [5.74, 6) is -0.869. The number of hydrogen-bond donors (Lipinski definition) is 0. The lowest BCUT2D eigenvalue weighted by Crippen LogP contribution is -2.30. The second kappa shape index (κ2) is 65.2. The van der Waals surface area contributed by atoms with Crippen LogP contribution in [0.15, 0.2) is 36.5 Å². The normalized spacial score (nSPS) is 12.2. The van der Waals surface area contributed by atoms with Gasteiger partial charge in [-0.2, -0.15) is 0 Å². The molecule has 0 heterocycles. The van der Waals surface area contributed by atoms with E-state index in [2.05, 4.69) is 57.2 Å². The lowest BCUT2D eigenvalue weighted by Gasteiger charge is -2.18. The largest absolute Gasteiger partial charge is 0.462 e. The van der Waals surface area contributed by atoms with Crippen molar-refractivity contribution in [2.45, 2.75) is 380 Å². The van der Waals surface area contributed by atoms with Gasteiger partial charge in [-0.25, -0.2) is 0 Å². The molecule has 0 fully saturated rings. The zero-order valence-electron chi connectivity index (χ0n) is 51.3. The Morgan fingerprint density at radius 2 is 0.487 bits per heavy atom. The van der Waals surface area contributed by atoms with Gasteiger partial charge in [-0.05, 0) is 70.6 Å². The van der Waals surface area contributed by atoms with Crippen LogP contribution in [0.4, 0.5) is 0 Å². The molecule has 0 aromatic rings. The maximum Gasteiger partial charge on any atom is 0.306 e. The molecule has 1 atom stereocenters. The summed E-state index contributed by atoms with van der Waals surface area (Å²) in [6.07, 6.45) is 80.6. The minimum Gasteiger partial charge on any atom is -0.462 e. The Bertz CT molecular complexity index is 1270. The number of allylic oxidation sites excluding steroid dienone is 6. The first kappa shape index (κ1) is 73.6. The molecule has 0 bridgehead atoms. The summed E-state index contributed by atoms with van der Waals surface area (Å²) in [6.45, 7) is 6.62. The van der Waals surface area contributed by atoms with E-state index in [9.17, 15) is 14.4 Å². The summed E-state index contributed by atoms with van der Waals surface area (Å²) < 4.78 is 16.9. The zero-order valence-corrected chi connectivity index (χ0v) is 51.3. The van der Waals surface area contributed by atoms with E-state index in [0.29, 0.717) is 19.3 Å². The lowest BCUT2D eigenvalue weighted by molar-refractivity contribution is -0.167. The third-order valence-electron chi connectivity index (χ3n) is 15.4. The highest BCUT2D eigenvalue weighted by Crippen LogP contribution is 2.18. The molecule has 0 aromatic heterocycles. The molecule has 0 amide bonds. The molecule has 0 radical (unpaired) electrons. The molecular formula is C70H130O6. The van der Waals surface area contributed by atoms with Crippen LogP contribution in [0.25, 0.3) is 0 Å². The molecule has 0 aromatic carbocycles. The van der Waals surface area contributed by atoms with Gasteiger partial charge in [-0.1, -0.05) is 320 Å². The summed E-state index contributed by atoms with van der Waals surface area (Å²) in [5.41, 5.74) is 0. The number of carbonyl (C=O) groups is 3. The van der Waals surface area contributed by atoms with Gasteiger partial charge in [-0.3, -0.25) is 14.4 Å². The van der Waals surface area contributed by atoms with Crippen LogP contribution >= 0.6 is 0 Å². The standard InChI is InChI=1S/C70H130O6/c1-4-7-10-13-16-19-21-23-25-26-27-28-29-30-31-32-33-34-35-36-37-38-39-40-41-42-43-44-45-47-48-51-54-57-60-63-69(72)75-66-67(65-74-68(71)62-59-56-53-50-18-15-12-9-6-3)76-70(73)64-61-58-55-52-49-46-24-22-20-17-14-11-8-5-2/h14,17,22,24,26-27,67H,4-13,15-16,18-21,23,25,28-66H2,1-3H3/b17-14-,24-22-,27-26-. The van der Waals surface area contributed by atoms with Crippen LogP contribution in [-0.4, -0.2) is 37.2 Å². The molecule has 446 valence electrons. The molecule has 0 aliphatic rings. The van der Waals surface area contributed by atoms with E-state index in [-0.39, 0.29) is 31.1 Å². The van der Waals surface area contributed by atoms with E-state index in [1.54, 1.807) is 0 Å². The van der Waals surface area contributed by atoms with Gasteiger partial charge in [-0.15, -0.1) is 0 Å². The van der Waals surface area contributed by atoms with Crippen molar-refractivity contribution in [2.24, 2.45) is 0 Å². The van der Waals surface area contributed by atoms with E-state index >= 15 is 0 Å². The summed E-state index contributed by atoms with van der Waals surface area (Å²) in [7, 11) is 0. The Labute approximate surface area is 474 Å². The second-order valence-electron chi connectivity index (χ2n) is 23.1. The van der Waals surface area contributed by atoms with Crippen molar-refractivity contribution in [3.8, 4) is 0 Å². The van der Waals surface area contributed by atoms with Crippen molar-refractivity contribution in [3.63, 3.8) is 0 Å². The van der Waals surface area contributed by atoms with Gasteiger partial charge in [0.05, 0.1) is 0 Å². The van der Waals surface area contributed by atoms with Crippen LogP contribution < -0.4 is 0 Å². The van der Waals surface area contributed by atoms with Crippen LogP contribution in [0.1, 0.15) is 374 Å². The summed E-state index contributed by atoms with van der Waals surface area (Å²) in [6, 6.07) is 0. The molecule has 0 spiro atoms. The van der Waals surface area contributed by atoms with Crippen LogP contribution in [0.5, 0.6) is 0 Å². The Kier molecular flexibility index (Phi) is 63.1. The van der Waals surface area contributed by atoms with Gasteiger partial charge < -0.3 is 14.2 Å². The van der Waals surface area contributed by atoms with Crippen molar-refractivity contribution in [1.82, 2.24) is 0 Å². The first-order chi connectivity index (χ1) is 37.5. The van der Waals surface area contributed by atoms with Gasteiger partial charge in [0, 0.05) is 19.3 Å². The van der Waals surface area contributed by atoms with E-state index < -0.39 is 6.10 Å². The maximum atomic E-state index is 12.8. The lowest BCUT2D eigenvalue weighted by atomic mass is 10.0. The molecule has 1 unspecified atom stereocenters. The molecular weight excluding hydrogens is 937 g/mol. The first-order valence-corrected chi connectivity index (χ1v) is 34.0. The SMILES string of the molecule is CCCC/C=C\C/C=C\CCCCCCCC(=O)OC(COC(=O)CCCCCCCCCCC)COC(=O)CCCCCCCCCCCCCCCCCCCCCCCCC/C=C\CCCCCCCCCC. The highest BCUT2D eigenvalue weighted by molar-refractivity contribution is 5.71. The average molecular weight is 1070 g/mol. The van der Waals surface area contributed by atoms with Crippen LogP contribution in [0.2, 0.25) is 0 Å².